The van der Waals surface area contributed by atoms with E-state index in [4.69, 9.17) is 0 Å². The van der Waals surface area contributed by atoms with Crippen molar-refractivity contribution < 1.29 is 4.48 Å². The third-order valence-electron chi connectivity index (χ3n) is 0.472. The lowest BCUT2D eigenvalue weighted by Crippen LogP contribution is -1.69. The minimum atomic E-state index is 0. The van der Waals surface area contributed by atoms with Crippen LogP contribution in [0.2, 0.25) is 0 Å². The summed E-state index contributed by atoms with van der Waals surface area (Å²) in [5.74, 6) is 0. The molecule has 4 N–H and O–H groups in total. The van der Waals surface area contributed by atoms with Crippen LogP contribution >= 0.6 is 24.8 Å². The minimum absolute atomic E-state index is 0. The molecule has 1 aromatic heterocycles. The number of nitrogens with two attached hydrogens (primary N) is 2. The molecule has 0 amide bonds. The van der Waals surface area contributed by atoms with Gasteiger partial charge in [-0.3, -0.25) is 0 Å². The van der Waals surface area contributed by atoms with E-state index in [0.29, 0.717) is 4.79 Å². The predicted molar refractivity (Wildman–Crippen MR) is 53.5 cm³/mol. The molecule has 1 aromatic rings. The Morgan fingerprint density at radius 2 is 1.58 bits per heavy atom. The Labute approximate surface area is 83.9 Å². The van der Waals surface area contributed by atoms with E-state index >= 15 is 0 Å². The van der Waals surface area contributed by atoms with E-state index in [1.54, 1.807) is 0 Å². The molecular formula is C5H15Cl2FN4. The van der Waals surface area contributed by atoms with Crippen LogP contribution in [-0.2, 0) is 0 Å². The van der Waals surface area contributed by atoms with Crippen molar-refractivity contribution in [1.29, 1.82) is 0 Å². The van der Waals surface area contributed by atoms with E-state index in [1.807, 2.05) is 0 Å². The Morgan fingerprint density at radius 1 is 1.17 bits per heavy atom. The van der Waals surface area contributed by atoms with Gasteiger partial charge in [0.1, 0.15) is 6.33 Å². The zero-order valence-corrected chi connectivity index (χ0v) is 8.61. The molecule has 76 valence electrons. The summed E-state index contributed by atoms with van der Waals surface area (Å²) in [4.78, 5) is 3.80. The van der Waals surface area contributed by atoms with Crippen LogP contribution in [0.15, 0.2) is 18.7 Å². The van der Waals surface area contributed by atoms with Crippen molar-refractivity contribution >= 4 is 24.8 Å². The van der Waals surface area contributed by atoms with E-state index < -0.39 is 0 Å². The SMILES string of the molecule is CN.CN.Cl.Cl.Fn1ccnc1. The molecule has 0 aliphatic carbocycles. The summed E-state index contributed by atoms with van der Waals surface area (Å²) < 4.78 is 11.5. The van der Waals surface area contributed by atoms with E-state index in [9.17, 15) is 4.48 Å². The van der Waals surface area contributed by atoms with E-state index in [0.717, 1.165) is 6.33 Å². The maximum Gasteiger partial charge on any atom is 0.126 e. The number of rotatable bonds is 0. The maximum atomic E-state index is 11.5. The Morgan fingerprint density at radius 3 is 1.67 bits per heavy atom. The van der Waals surface area contributed by atoms with Gasteiger partial charge in [0.05, 0.1) is 6.20 Å². The fraction of sp³-hybridized carbons (Fsp3) is 0.400. The van der Waals surface area contributed by atoms with Crippen LogP contribution < -0.4 is 11.5 Å². The summed E-state index contributed by atoms with van der Waals surface area (Å²) in [5, 5.41) is 0. The van der Waals surface area contributed by atoms with Gasteiger partial charge in [0.2, 0.25) is 0 Å². The third kappa shape index (κ3) is 16.3. The summed E-state index contributed by atoms with van der Waals surface area (Å²) >= 11 is 0. The lowest BCUT2D eigenvalue weighted by molar-refractivity contribution is 0.368. The van der Waals surface area contributed by atoms with E-state index in [-0.39, 0.29) is 24.8 Å². The molecule has 0 aromatic carbocycles. The molecule has 0 fully saturated rings. The zero-order chi connectivity index (χ0) is 8.41. The highest BCUT2D eigenvalue weighted by Gasteiger charge is 1.74. The summed E-state index contributed by atoms with van der Waals surface area (Å²) in [7, 11) is 3.00. The first kappa shape index (κ1) is 22.6. The topological polar surface area (TPSA) is 69.9 Å². The van der Waals surface area contributed by atoms with Crippen molar-refractivity contribution in [3.63, 3.8) is 0 Å². The number of nitrogens with zero attached hydrogens (tertiary/aromatic N) is 2. The van der Waals surface area contributed by atoms with Gasteiger partial charge >= 0.3 is 0 Å². The van der Waals surface area contributed by atoms with Gasteiger partial charge < -0.3 is 11.5 Å². The van der Waals surface area contributed by atoms with Crippen LogP contribution in [-0.4, -0.2) is 23.9 Å². The fourth-order valence-corrected chi connectivity index (χ4v) is 0.243. The molecule has 0 bridgehead atoms. The van der Waals surface area contributed by atoms with Gasteiger partial charge in [0.25, 0.3) is 0 Å². The Balaban J connectivity index is -0.0000000480. The normalized spacial score (nSPS) is 5.42. The average molecular weight is 221 g/mol. The van der Waals surface area contributed by atoms with Gasteiger partial charge in [-0.25, -0.2) is 4.98 Å². The Bertz CT molecular complexity index is 125. The highest BCUT2D eigenvalue weighted by molar-refractivity contribution is 5.85. The van der Waals surface area contributed by atoms with Gasteiger partial charge in [-0.15, -0.1) is 24.8 Å². The Kier molecular flexibility index (Phi) is 42.2. The van der Waals surface area contributed by atoms with Crippen molar-refractivity contribution in [3.8, 4) is 0 Å². The molecule has 0 spiro atoms. The molecule has 4 nitrogen and oxygen atoms in total. The molecule has 1 heterocycles. The molecule has 0 unspecified atom stereocenters. The number of imidazole rings is 1. The zero-order valence-electron chi connectivity index (χ0n) is 6.98. The summed E-state index contributed by atoms with van der Waals surface area (Å²) in [5.41, 5.74) is 9.00. The number of hydrogen-bond acceptors (Lipinski definition) is 3. The molecule has 0 atom stereocenters. The lowest BCUT2D eigenvalue weighted by atomic mass is 11.0. The van der Waals surface area contributed by atoms with Crippen molar-refractivity contribution in [2.75, 3.05) is 14.1 Å². The van der Waals surface area contributed by atoms with Crippen LogP contribution in [0.3, 0.4) is 0 Å². The first-order valence-electron chi connectivity index (χ1n) is 2.69. The fourth-order valence-electron chi connectivity index (χ4n) is 0.243. The summed E-state index contributed by atoms with van der Waals surface area (Å²) in [6.07, 6.45) is 3.68. The van der Waals surface area contributed by atoms with Gasteiger partial charge in [-0.1, -0.05) is 4.48 Å². The van der Waals surface area contributed by atoms with E-state index in [1.165, 1.54) is 26.5 Å². The molecule has 0 radical (unpaired) electrons. The maximum absolute atomic E-state index is 11.5. The second-order valence-corrected chi connectivity index (χ2v) is 0.907. The van der Waals surface area contributed by atoms with Crippen molar-refractivity contribution in [2.45, 2.75) is 0 Å². The predicted octanol–water partition coefficient (Wildman–Crippen LogP) is 0.609. The van der Waals surface area contributed by atoms with Crippen molar-refractivity contribution in [3.05, 3.63) is 18.7 Å². The average Bonchev–Trinajstić information content (AvgIpc) is 2.48. The highest BCUT2D eigenvalue weighted by atomic mass is 35.5. The second-order valence-electron chi connectivity index (χ2n) is 0.907. The molecule has 12 heavy (non-hydrogen) atoms. The quantitative estimate of drug-likeness (QED) is 0.674. The molecule has 0 saturated heterocycles. The Hall–Kier alpha value is -0.360. The molecule has 0 aliphatic heterocycles. The highest BCUT2D eigenvalue weighted by Crippen LogP contribution is 1.78. The smallest absolute Gasteiger partial charge is 0.126 e. The standard InChI is InChI=1S/C3H3FN2.2CH5N.2ClH/c4-6-2-1-5-3-6;2*1-2;;/h1-3H;2*2H2,1H3;2*1H. The molecule has 0 saturated carbocycles. The largest absolute Gasteiger partial charge is 0.333 e. The molecule has 7 heteroatoms. The van der Waals surface area contributed by atoms with E-state index in [2.05, 4.69) is 16.5 Å². The van der Waals surface area contributed by atoms with Gasteiger partial charge in [0, 0.05) is 6.20 Å². The molecule has 0 aliphatic rings. The summed E-state index contributed by atoms with van der Waals surface area (Å²) in [6, 6.07) is 0. The van der Waals surface area contributed by atoms with Crippen LogP contribution in [0.5, 0.6) is 0 Å². The van der Waals surface area contributed by atoms with Crippen LogP contribution in [0.25, 0.3) is 0 Å². The first-order valence-corrected chi connectivity index (χ1v) is 2.69. The number of hydrogen-bond donors (Lipinski definition) is 2. The van der Waals surface area contributed by atoms with Crippen LogP contribution in [0.1, 0.15) is 0 Å². The van der Waals surface area contributed by atoms with Crippen molar-refractivity contribution in [1.82, 2.24) is 9.77 Å². The first-order chi connectivity index (χ1) is 4.89. The van der Waals surface area contributed by atoms with Crippen LogP contribution in [0.4, 0.5) is 4.48 Å². The van der Waals surface area contributed by atoms with Crippen molar-refractivity contribution in [2.24, 2.45) is 11.5 Å². The van der Waals surface area contributed by atoms with Gasteiger partial charge in [-0.05, 0) is 14.1 Å². The minimum Gasteiger partial charge on any atom is -0.333 e. The van der Waals surface area contributed by atoms with Crippen LogP contribution in [0, 0.1) is 0 Å². The molecular weight excluding hydrogens is 206 g/mol. The summed E-state index contributed by atoms with van der Waals surface area (Å²) in [6.45, 7) is 0. The lowest BCUT2D eigenvalue weighted by Gasteiger charge is -1.69. The third-order valence-corrected chi connectivity index (χ3v) is 0.472. The number of halogens is 3. The molecule has 1 rings (SSSR count). The monoisotopic (exact) mass is 220 g/mol. The van der Waals surface area contributed by atoms with Gasteiger partial charge in [-0.2, -0.15) is 4.79 Å². The second kappa shape index (κ2) is 22.4. The van der Waals surface area contributed by atoms with Gasteiger partial charge in [0.15, 0.2) is 0 Å². The number of aromatic nitrogens is 2.